The van der Waals surface area contributed by atoms with Crippen LogP contribution in [0.15, 0.2) is 76.5 Å². The maximum atomic E-state index is 13.0. The van der Waals surface area contributed by atoms with Gasteiger partial charge in [0, 0.05) is 42.5 Å². The van der Waals surface area contributed by atoms with Crippen molar-refractivity contribution in [3.63, 3.8) is 0 Å². The lowest BCUT2D eigenvalue weighted by Gasteiger charge is -2.34. The van der Waals surface area contributed by atoms with Crippen LogP contribution < -0.4 is 4.74 Å². The Morgan fingerprint density at radius 2 is 1.68 bits per heavy atom. The third-order valence-electron chi connectivity index (χ3n) is 6.12. The van der Waals surface area contributed by atoms with E-state index in [4.69, 9.17) is 20.8 Å². The molecular formula is C27H26ClN5O4S. The molecule has 0 bridgehead atoms. The van der Waals surface area contributed by atoms with E-state index in [9.17, 15) is 9.59 Å². The van der Waals surface area contributed by atoms with Crippen LogP contribution in [0.25, 0.3) is 17.1 Å². The van der Waals surface area contributed by atoms with Crippen LogP contribution in [0.5, 0.6) is 5.75 Å². The number of furan rings is 1. The average Bonchev–Trinajstić information content (AvgIpc) is 3.63. The summed E-state index contributed by atoms with van der Waals surface area (Å²) in [7, 11) is 0. The van der Waals surface area contributed by atoms with Crippen LogP contribution in [0.4, 0.5) is 0 Å². The number of piperazine rings is 1. The molecule has 1 aliphatic rings. The zero-order chi connectivity index (χ0) is 26.5. The van der Waals surface area contributed by atoms with Crippen molar-refractivity contribution in [1.82, 2.24) is 24.6 Å². The van der Waals surface area contributed by atoms with Crippen LogP contribution in [0, 0.1) is 0 Å². The van der Waals surface area contributed by atoms with Crippen molar-refractivity contribution in [3.8, 4) is 22.8 Å². The first kappa shape index (κ1) is 25.9. The van der Waals surface area contributed by atoms with Crippen molar-refractivity contribution in [2.75, 3.05) is 38.5 Å². The molecule has 0 unspecified atom stereocenters. The summed E-state index contributed by atoms with van der Waals surface area (Å²) < 4.78 is 12.7. The normalized spacial score (nSPS) is 13.5. The minimum absolute atomic E-state index is 0.0191. The molecule has 2 aromatic carbocycles. The van der Waals surface area contributed by atoms with Gasteiger partial charge in [0.1, 0.15) is 5.75 Å². The van der Waals surface area contributed by atoms with Gasteiger partial charge in [0.25, 0.3) is 5.91 Å². The molecule has 1 saturated heterocycles. The predicted octanol–water partition coefficient (Wildman–Crippen LogP) is 4.66. The molecule has 0 aliphatic carbocycles. The van der Waals surface area contributed by atoms with E-state index in [1.165, 1.54) is 18.0 Å². The second kappa shape index (κ2) is 11.7. The minimum atomic E-state index is -0.158. The molecule has 9 nitrogen and oxygen atoms in total. The van der Waals surface area contributed by atoms with Gasteiger partial charge in [0.15, 0.2) is 16.7 Å². The fourth-order valence-corrected chi connectivity index (χ4v) is 5.15. The number of carbonyl (C=O) groups excluding carboxylic acids is 2. The van der Waals surface area contributed by atoms with E-state index in [1.807, 2.05) is 47.9 Å². The van der Waals surface area contributed by atoms with E-state index in [0.29, 0.717) is 54.5 Å². The van der Waals surface area contributed by atoms with Crippen LogP contribution in [0.3, 0.4) is 0 Å². The average molecular weight is 552 g/mol. The molecule has 1 fully saturated rings. The number of rotatable bonds is 8. The fraction of sp³-hybridized carbons (Fsp3) is 0.259. The van der Waals surface area contributed by atoms with Gasteiger partial charge >= 0.3 is 0 Å². The summed E-state index contributed by atoms with van der Waals surface area (Å²) >= 11 is 7.42. The van der Waals surface area contributed by atoms with Gasteiger partial charge in [-0.1, -0.05) is 23.4 Å². The number of hydrogen-bond donors (Lipinski definition) is 0. The van der Waals surface area contributed by atoms with E-state index < -0.39 is 0 Å². The van der Waals surface area contributed by atoms with Crippen molar-refractivity contribution in [2.45, 2.75) is 12.1 Å². The summed E-state index contributed by atoms with van der Waals surface area (Å²) in [5.41, 5.74) is 1.70. The summed E-state index contributed by atoms with van der Waals surface area (Å²) in [5, 5.41) is 10.1. The van der Waals surface area contributed by atoms with E-state index >= 15 is 0 Å². The highest BCUT2D eigenvalue weighted by Gasteiger charge is 2.26. The molecule has 38 heavy (non-hydrogen) atoms. The highest BCUT2D eigenvalue weighted by molar-refractivity contribution is 7.99. The number of carbonyl (C=O) groups is 2. The lowest BCUT2D eigenvalue weighted by molar-refractivity contribution is -0.129. The quantitative estimate of drug-likeness (QED) is 0.294. The monoisotopic (exact) mass is 551 g/mol. The van der Waals surface area contributed by atoms with Gasteiger partial charge in [-0.15, -0.1) is 10.2 Å². The van der Waals surface area contributed by atoms with Crippen LogP contribution in [-0.2, 0) is 4.79 Å². The first-order valence-corrected chi connectivity index (χ1v) is 13.6. The molecule has 0 atom stereocenters. The Bertz CT molecular complexity index is 1380. The van der Waals surface area contributed by atoms with Crippen molar-refractivity contribution in [1.29, 1.82) is 0 Å². The maximum absolute atomic E-state index is 13.0. The molecular weight excluding hydrogens is 526 g/mol. The molecule has 2 amide bonds. The molecule has 0 radical (unpaired) electrons. The number of thioether (sulfide) groups is 1. The number of nitrogens with zero attached hydrogens (tertiary/aromatic N) is 5. The van der Waals surface area contributed by atoms with E-state index in [1.54, 1.807) is 34.1 Å². The Morgan fingerprint density at radius 3 is 2.34 bits per heavy atom. The highest BCUT2D eigenvalue weighted by Crippen LogP contribution is 2.30. The molecule has 0 saturated carbocycles. The molecule has 196 valence electrons. The Labute approximate surface area is 229 Å². The SMILES string of the molecule is CCOc1ccc(-n2c(SCC(=O)N3CCN(C(=O)c4ccco4)CC3)nnc2-c2ccc(Cl)cc2)cc1. The number of ether oxygens (including phenoxy) is 1. The van der Waals surface area contributed by atoms with Gasteiger partial charge in [0.2, 0.25) is 5.91 Å². The molecule has 11 heteroatoms. The van der Waals surface area contributed by atoms with Crippen molar-refractivity contribution < 1.29 is 18.7 Å². The van der Waals surface area contributed by atoms with Crippen molar-refractivity contribution in [3.05, 3.63) is 77.7 Å². The molecule has 0 spiro atoms. The Morgan fingerprint density at radius 1 is 0.974 bits per heavy atom. The maximum Gasteiger partial charge on any atom is 0.289 e. The first-order valence-electron chi connectivity index (χ1n) is 12.2. The molecule has 5 rings (SSSR count). The molecule has 0 N–H and O–H groups in total. The summed E-state index contributed by atoms with van der Waals surface area (Å²) in [6, 6.07) is 18.4. The Kier molecular flexibility index (Phi) is 8.00. The fourth-order valence-electron chi connectivity index (χ4n) is 4.17. The van der Waals surface area contributed by atoms with E-state index in [2.05, 4.69) is 10.2 Å². The number of benzene rings is 2. The summed E-state index contributed by atoms with van der Waals surface area (Å²) in [4.78, 5) is 29.0. The second-order valence-corrected chi connectivity index (χ2v) is 9.89. The number of amides is 2. The Hall–Kier alpha value is -3.76. The van der Waals surface area contributed by atoms with Gasteiger partial charge in [-0.2, -0.15) is 0 Å². The molecule has 3 heterocycles. The van der Waals surface area contributed by atoms with Crippen LogP contribution >= 0.6 is 23.4 Å². The van der Waals surface area contributed by atoms with Gasteiger partial charge < -0.3 is 19.0 Å². The third kappa shape index (κ3) is 5.71. The second-order valence-electron chi connectivity index (χ2n) is 8.51. The first-order chi connectivity index (χ1) is 18.5. The number of aromatic nitrogens is 3. The summed E-state index contributed by atoms with van der Waals surface area (Å²) in [6.07, 6.45) is 1.48. The molecule has 4 aromatic rings. The smallest absolute Gasteiger partial charge is 0.289 e. The highest BCUT2D eigenvalue weighted by atomic mass is 35.5. The van der Waals surface area contributed by atoms with E-state index in [-0.39, 0.29) is 17.6 Å². The molecule has 1 aliphatic heterocycles. The van der Waals surface area contributed by atoms with Crippen molar-refractivity contribution >= 4 is 35.2 Å². The van der Waals surface area contributed by atoms with Crippen LogP contribution in [-0.4, -0.2) is 74.9 Å². The summed E-state index contributed by atoms with van der Waals surface area (Å²) in [6.45, 7) is 4.37. The number of hydrogen-bond acceptors (Lipinski definition) is 7. The zero-order valence-corrected chi connectivity index (χ0v) is 22.3. The topological polar surface area (TPSA) is 93.7 Å². The zero-order valence-electron chi connectivity index (χ0n) is 20.7. The van der Waals surface area contributed by atoms with Gasteiger partial charge in [0.05, 0.1) is 18.6 Å². The van der Waals surface area contributed by atoms with Gasteiger partial charge in [-0.05, 0) is 67.6 Å². The standard InChI is InChI=1S/C27H26ClN5O4S/c1-2-36-22-11-9-21(10-12-22)33-25(19-5-7-20(28)8-6-19)29-30-27(33)38-18-24(34)31-13-15-32(16-14-31)26(35)23-4-3-17-37-23/h3-12,17H,2,13-16,18H2,1H3. The number of halogens is 1. The van der Waals surface area contributed by atoms with Gasteiger partial charge in [-0.3, -0.25) is 14.2 Å². The lowest BCUT2D eigenvalue weighted by Crippen LogP contribution is -2.51. The Balaban J connectivity index is 1.29. The lowest BCUT2D eigenvalue weighted by atomic mass is 10.2. The largest absolute Gasteiger partial charge is 0.494 e. The van der Waals surface area contributed by atoms with Gasteiger partial charge in [-0.25, -0.2) is 0 Å². The predicted molar refractivity (Wildman–Crippen MR) is 145 cm³/mol. The van der Waals surface area contributed by atoms with Crippen LogP contribution in [0.2, 0.25) is 5.02 Å². The van der Waals surface area contributed by atoms with Crippen molar-refractivity contribution in [2.24, 2.45) is 0 Å². The third-order valence-corrected chi connectivity index (χ3v) is 7.28. The van der Waals surface area contributed by atoms with E-state index in [0.717, 1.165) is 17.0 Å². The minimum Gasteiger partial charge on any atom is -0.494 e. The van der Waals surface area contributed by atoms with Crippen LogP contribution in [0.1, 0.15) is 17.5 Å². The summed E-state index contributed by atoms with van der Waals surface area (Å²) in [5.74, 6) is 1.74. The molecule has 2 aromatic heterocycles.